The van der Waals surface area contributed by atoms with Crippen LogP contribution in [0.2, 0.25) is 0 Å². The predicted octanol–water partition coefficient (Wildman–Crippen LogP) is 4.87. The Balaban J connectivity index is 2.17. The van der Waals surface area contributed by atoms with Gasteiger partial charge in [0.1, 0.15) is 0 Å². The highest BCUT2D eigenvalue weighted by Crippen LogP contribution is 2.49. The molecule has 3 aromatic rings. The summed E-state index contributed by atoms with van der Waals surface area (Å²) in [5.74, 6) is 0. The average Bonchev–Trinajstić information content (AvgIpc) is 3.00. The van der Waals surface area contributed by atoms with Gasteiger partial charge < -0.3 is 0 Å². The molecule has 0 bridgehead atoms. The van der Waals surface area contributed by atoms with Gasteiger partial charge in [0.25, 0.3) is 17.1 Å². The first kappa shape index (κ1) is 18.9. The second-order valence-corrected chi connectivity index (χ2v) is 6.66. The molecule has 0 saturated carbocycles. The summed E-state index contributed by atoms with van der Waals surface area (Å²) in [5.41, 5.74) is 0.326. The molecule has 30 heavy (non-hydrogen) atoms. The molecule has 1 aliphatic carbocycles. The lowest BCUT2D eigenvalue weighted by Gasteiger charge is -2.05. The minimum absolute atomic E-state index is 0.0388. The third-order valence-electron chi connectivity index (χ3n) is 4.73. The van der Waals surface area contributed by atoms with E-state index >= 15 is 0 Å². The van der Waals surface area contributed by atoms with Gasteiger partial charge in [-0.15, -0.1) is 0 Å². The zero-order valence-electron chi connectivity index (χ0n) is 15.4. The van der Waals surface area contributed by atoms with E-state index in [9.17, 15) is 30.3 Å². The monoisotopic (exact) mass is 404 g/mol. The van der Waals surface area contributed by atoms with Crippen LogP contribution in [0.25, 0.3) is 11.1 Å². The predicted molar refractivity (Wildman–Crippen MR) is 108 cm³/mol. The number of benzene rings is 3. The van der Waals surface area contributed by atoms with Crippen molar-refractivity contribution in [1.82, 2.24) is 0 Å². The van der Waals surface area contributed by atoms with Crippen LogP contribution in [-0.4, -0.2) is 20.5 Å². The number of fused-ring (bicyclic) bond motifs is 3. The molecular formula is C20H12N4O6. The van der Waals surface area contributed by atoms with Crippen molar-refractivity contribution in [2.24, 2.45) is 4.99 Å². The zero-order chi connectivity index (χ0) is 21.6. The SMILES string of the molecule is Cc1cc2c(c([N+](=O)[O-])c1)-c1c(cc([N+](=O)[O-])cc1[N+](=O)[O-])C2=Nc1ccccc1. The highest BCUT2D eigenvalue weighted by molar-refractivity contribution is 6.28. The number of aliphatic imine (C=N–C) groups is 1. The average molecular weight is 404 g/mol. The number of rotatable bonds is 4. The molecule has 0 atom stereocenters. The van der Waals surface area contributed by atoms with Gasteiger partial charge in [0.2, 0.25) is 0 Å². The van der Waals surface area contributed by atoms with E-state index in [1.54, 1.807) is 43.3 Å². The lowest BCUT2D eigenvalue weighted by molar-refractivity contribution is -0.394. The number of para-hydroxylation sites is 1. The van der Waals surface area contributed by atoms with E-state index in [1.807, 2.05) is 0 Å². The van der Waals surface area contributed by atoms with Crippen molar-refractivity contribution in [3.63, 3.8) is 0 Å². The van der Waals surface area contributed by atoms with Crippen molar-refractivity contribution in [2.45, 2.75) is 6.92 Å². The van der Waals surface area contributed by atoms with E-state index in [-0.39, 0.29) is 28.1 Å². The zero-order valence-corrected chi connectivity index (χ0v) is 15.4. The first-order chi connectivity index (χ1) is 14.3. The molecule has 0 fully saturated rings. The largest absolute Gasteiger partial charge is 0.285 e. The summed E-state index contributed by atoms with van der Waals surface area (Å²) in [4.78, 5) is 37.2. The second-order valence-electron chi connectivity index (χ2n) is 6.66. The van der Waals surface area contributed by atoms with Gasteiger partial charge in [-0.25, -0.2) is 4.99 Å². The third kappa shape index (κ3) is 2.96. The Morgan fingerprint density at radius 3 is 1.87 bits per heavy atom. The number of nitro groups is 3. The van der Waals surface area contributed by atoms with Crippen LogP contribution < -0.4 is 0 Å². The van der Waals surface area contributed by atoms with Crippen molar-refractivity contribution >= 4 is 28.5 Å². The van der Waals surface area contributed by atoms with Gasteiger partial charge in [-0.1, -0.05) is 18.2 Å². The molecule has 1 aliphatic rings. The van der Waals surface area contributed by atoms with Crippen molar-refractivity contribution in [1.29, 1.82) is 0 Å². The van der Waals surface area contributed by atoms with Crippen molar-refractivity contribution in [2.75, 3.05) is 0 Å². The quantitative estimate of drug-likeness (QED) is 0.351. The summed E-state index contributed by atoms with van der Waals surface area (Å²) in [6, 6.07) is 13.6. The van der Waals surface area contributed by atoms with Crippen LogP contribution in [0.4, 0.5) is 22.7 Å². The van der Waals surface area contributed by atoms with E-state index in [4.69, 9.17) is 0 Å². The fourth-order valence-corrected chi connectivity index (χ4v) is 3.57. The number of non-ortho nitro benzene ring substituents is 1. The van der Waals surface area contributed by atoms with Gasteiger partial charge in [-0.2, -0.15) is 0 Å². The van der Waals surface area contributed by atoms with Crippen LogP contribution in [0.3, 0.4) is 0 Å². The molecule has 3 aromatic carbocycles. The summed E-state index contributed by atoms with van der Waals surface area (Å²) < 4.78 is 0. The van der Waals surface area contributed by atoms with Gasteiger partial charge in [-0.05, 0) is 30.7 Å². The van der Waals surface area contributed by atoms with Gasteiger partial charge in [0.05, 0.1) is 43.4 Å². The first-order valence-electron chi connectivity index (χ1n) is 8.68. The summed E-state index contributed by atoms with van der Waals surface area (Å²) in [5, 5.41) is 34.8. The molecule has 0 spiro atoms. The van der Waals surface area contributed by atoms with Crippen LogP contribution in [0.15, 0.2) is 59.6 Å². The molecule has 0 aromatic heterocycles. The topological polar surface area (TPSA) is 142 Å². The molecule has 0 N–H and O–H groups in total. The molecule has 4 rings (SSSR count). The number of aryl methyl sites for hydroxylation is 1. The highest BCUT2D eigenvalue weighted by Gasteiger charge is 2.39. The standard InChI is InChI=1S/C20H12N4O6/c1-11-7-14-18(16(8-11)23(27)28)19-15(20(14)21-12-5-3-2-4-6-12)9-13(22(25)26)10-17(19)24(29)30/h2-10H,1H3. The number of hydrogen-bond donors (Lipinski definition) is 0. The molecule has 148 valence electrons. The lowest BCUT2D eigenvalue weighted by Crippen LogP contribution is -2.01. The maximum Gasteiger partial charge on any atom is 0.285 e. The Labute approximate surface area is 168 Å². The Bertz CT molecular complexity index is 1280. The van der Waals surface area contributed by atoms with E-state index in [0.29, 0.717) is 16.8 Å². The smallest absolute Gasteiger partial charge is 0.258 e. The maximum atomic E-state index is 11.7. The minimum Gasteiger partial charge on any atom is -0.258 e. The van der Waals surface area contributed by atoms with Crippen molar-refractivity contribution in [3.8, 4) is 11.1 Å². The lowest BCUT2D eigenvalue weighted by atomic mass is 10.00. The van der Waals surface area contributed by atoms with Crippen molar-refractivity contribution < 1.29 is 14.8 Å². The normalized spacial score (nSPS) is 13.0. The maximum absolute atomic E-state index is 11.7. The number of nitrogens with zero attached hydrogens (tertiary/aromatic N) is 4. The Morgan fingerprint density at radius 1 is 0.733 bits per heavy atom. The van der Waals surface area contributed by atoms with Crippen LogP contribution >= 0.6 is 0 Å². The van der Waals surface area contributed by atoms with Crippen LogP contribution in [0.5, 0.6) is 0 Å². The first-order valence-corrected chi connectivity index (χ1v) is 8.68. The molecule has 0 heterocycles. The Kier molecular flexibility index (Phi) is 4.31. The fourth-order valence-electron chi connectivity index (χ4n) is 3.57. The Hall–Kier alpha value is -4.47. The number of hydrogen-bond acceptors (Lipinski definition) is 7. The van der Waals surface area contributed by atoms with Crippen LogP contribution in [0.1, 0.15) is 16.7 Å². The molecule has 0 unspecified atom stereocenters. The van der Waals surface area contributed by atoms with E-state index in [1.165, 1.54) is 12.1 Å². The van der Waals surface area contributed by atoms with Gasteiger partial charge in [0, 0.05) is 23.3 Å². The van der Waals surface area contributed by atoms with Gasteiger partial charge >= 0.3 is 0 Å². The molecule has 0 amide bonds. The van der Waals surface area contributed by atoms with E-state index < -0.39 is 26.1 Å². The highest BCUT2D eigenvalue weighted by atomic mass is 16.6. The van der Waals surface area contributed by atoms with Gasteiger partial charge in [-0.3, -0.25) is 30.3 Å². The molecular weight excluding hydrogens is 392 g/mol. The summed E-state index contributed by atoms with van der Waals surface area (Å²) in [7, 11) is 0. The number of nitro benzene ring substituents is 3. The van der Waals surface area contributed by atoms with Gasteiger partial charge in [0.15, 0.2) is 0 Å². The summed E-state index contributed by atoms with van der Waals surface area (Å²) >= 11 is 0. The second kappa shape index (κ2) is 6.85. The third-order valence-corrected chi connectivity index (χ3v) is 4.73. The fraction of sp³-hybridized carbons (Fsp3) is 0.0500. The summed E-state index contributed by atoms with van der Waals surface area (Å²) in [6.45, 7) is 1.66. The van der Waals surface area contributed by atoms with Crippen LogP contribution in [-0.2, 0) is 0 Å². The van der Waals surface area contributed by atoms with E-state index in [2.05, 4.69) is 4.99 Å². The molecule has 0 aliphatic heterocycles. The van der Waals surface area contributed by atoms with E-state index in [0.717, 1.165) is 6.07 Å². The van der Waals surface area contributed by atoms with Crippen molar-refractivity contribution in [3.05, 3.63) is 102 Å². The molecule has 0 radical (unpaired) electrons. The van der Waals surface area contributed by atoms with Crippen LogP contribution in [0, 0.1) is 37.3 Å². The molecule has 10 heteroatoms. The molecule has 10 nitrogen and oxygen atoms in total. The Morgan fingerprint density at radius 2 is 1.30 bits per heavy atom. The summed E-state index contributed by atoms with van der Waals surface area (Å²) in [6.07, 6.45) is 0. The minimum atomic E-state index is -0.773. The molecule has 0 saturated heterocycles.